The highest BCUT2D eigenvalue weighted by atomic mass is 16.1. The highest BCUT2D eigenvalue weighted by Crippen LogP contribution is 2.38. The number of hydrogen-bond donors (Lipinski definition) is 2. The minimum atomic E-state index is 0.0737. The zero-order valence-corrected chi connectivity index (χ0v) is 21.4. The third kappa shape index (κ3) is 7.32. The minimum Gasteiger partial charge on any atom is -0.353 e. The molecule has 2 atom stereocenters. The summed E-state index contributed by atoms with van der Waals surface area (Å²) >= 11 is 0. The summed E-state index contributed by atoms with van der Waals surface area (Å²) in [6, 6.07) is 21.0. The van der Waals surface area contributed by atoms with Crippen LogP contribution in [-0.2, 0) is 11.3 Å². The number of amides is 1. The van der Waals surface area contributed by atoms with Crippen molar-refractivity contribution in [2.45, 2.75) is 70.4 Å². The van der Waals surface area contributed by atoms with Crippen LogP contribution in [-0.4, -0.2) is 17.0 Å². The molecule has 0 aromatic heterocycles. The summed E-state index contributed by atoms with van der Waals surface area (Å²) in [5.41, 5.74) is 5.99. The van der Waals surface area contributed by atoms with Gasteiger partial charge >= 0.3 is 0 Å². The number of rotatable bonds is 9. The van der Waals surface area contributed by atoms with E-state index >= 15 is 0 Å². The first-order valence-corrected chi connectivity index (χ1v) is 13.2. The summed E-state index contributed by atoms with van der Waals surface area (Å²) in [6.07, 6.45) is 17.0. The van der Waals surface area contributed by atoms with Gasteiger partial charge in [-0.25, -0.2) is 5.84 Å². The number of nitrogens with two attached hydrogens (primary N) is 1. The van der Waals surface area contributed by atoms with E-state index in [-0.39, 0.29) is 17.9 Å². The first-order chi connectivity index (χ1) is 17.6. The van der Waals surface area contributed by atoms with Gasteiger partial charge in [-0.15, -0.1) is 0 Å². The second kappa shape index (κ2) is 13.1. The van der Waals surface area contributed by atoms with Gasteiger partial charge in [-0.05, 0) is 61.3 Å². The van der Waals surface area contributed by atoms with Gasteiger partial charge < -0.3 is 10.3 Å². The summed E-state index contributed by atoms with van der Waals surface area (Å²) < 4.78 is 0. The number of nitrogens with one attached hydrogen (secondary N) is 1. The standard InChI is InChI=1S/C32H39N3O/c1-25(22-26-14-6-2-3-7-15-26)34-31(36)23-29-20-12-13-21-30(28-18-10-5-11-19-28)32(29)35(33)24-27-16-8-4-9-17-27/h2-6,8-11,14-19,25,30H,7,12-13,20-24,33H2,1H3,(H,34,36)/t25-,30?/m0/s1. The Morgan fingerprint density at radius 1 is 1.06 bits per heavy atom. The molecule has 0 saturated carbocycles. The predicted octanol–water partition coefficient (Wildman–Crippen LogP) is 6.70. The highest BCUT2D eigenvalue weighted by molar-refractivity contribution is 5.79. The molecule has 0 spiro atoms. The fraction of sp³-hybridized carbons (Fsp3) is 0.344. The third-order valence-corrected chi connectivity index (χ3v) is 7.02. The molecule has 36 heavy (non-hydrogen) atoms. The molecule has 4 nitrogen and oxygen atoms in total. The average molecular weight is 482 g/mol. The minimum absolute atomic E-state index is 0.0737. The van der Waals surface area contributed by atoms with Gasteiger partial charge in [0.2, 0.25) is 5.91 Å². The average Bonchev–Trinajstić information content (AvgIpc) is 3.26. The van der Waals surface area contributed by atoms with Gasteiger partial charge in [0.1, 0.15) is 0 Å². The molecule has 2 aliphatic rings. The highest BCUT2D eigenvalue weighted by Gasteiger charge is 2.27. The number of benzene rings is 2. The topological polar surface area (TPSA) is 58.4 Å². The molecule has 2 aliphatic carbocycles. The number of hydrogen-bond acceptors (Lipinski definition) is 3. The first-order valence-electron chi connectivity index (χ1n) is 13.2. The van der Waals surface area contributed by atoms with Crippen LogP contribution in [0.1, 0.15) is 68.9 Å². The Labute approximate surface area is 216 Å². The molecule has 0 heterocycles. The fourth-order valence-electron chi connectivity index (χ4n) is 5.35. The lowest BCUT2D eigenvalue weighted by molar-refractivity contribution is -0.121. The molecule has 0 bridgehead atoms. The first kappa shape index (κ1) is 25.7. The molecule has 3 N–H and O–H groups in total. The second-order valence-electron chi connectivity index (χ2n) is 9.96. The third-order valence-electron chi connectivity index (χ3n) is 7.02. The van der Waals surface area contributed by atoms with E-state index in [1.54, 1.807) is 0 Å². The van der Waals surface area contributed by atoms with Crippen molar-refractivity contribution in [3.63, 3.8) is 0 Å². The Kier molecular flexibility index (Phi) is 9.34. The molecule has 188 valence electrons. The van der Waals surface area contributed by atoms with Crippen molar-refractivity contribution >= 4 is 5.91 Å². The van der Waals surface area contributed by atoms with Crippen molar-refractivity contribution in [3.8, 4) is 0 Å². The maximum Gasteiger partial charge on any atom is 0.224 e. The molecule has 4 rings (SSSR count). The van der Waals surface area contributed by atoms with Crippen LogP contribution in [0.3, 0.4) is 0 Å². The summed E-state index contributed by atoms with van der Waals surface area (Å²) in [5.74, 6) is 7.07. The Morgan fingerprint density at radius 2 is 1.81 bits per heavy atom. The van der Waals surface area contributed by atoms with Crippen molar-refractivity contribution < 1.29 is 4.79 Å². The predicted molar refractivity (Wildman–Crippen MR) is 149 cm³/mol. The van der Waals surface area contributed by atoms with Crippen molar-refractivity contribution in [1.29, 1.82) is 0 Å². The maximum absolute atomic E-state index is 13.3. The Morgan fingerprint density at radius 3 is 2.58 bits per heavy atom. The van der Waals surface area contributed by atoms with Crippen molar-refractivity contribution in [1.82, 2.24) is 10.3 Å². The van der Waals surface area contributed by atoms with Gasteiger partial charge in [0.25, 0.3) is 0 Å². The van der Waals surface area contributed by atoms with Gasteiger partial charge in [-0.2, -0.15) is 0 Å². The van der Waals surface area contributed by atoms with E-state index < -0.39 is 0 Å². The van der Waals surface area contributed by atoms with Crippen LogP contribution in [0.5, 0.6) is 0 Å². The molecule has 0 fully saturated rings. The SMILES string of the molecule is C[C@@H](CC1=CCC=CC=C1)NC(=O)CC1=C(N(N)Cc2ccccc2)C(c2ccccc2)CCCC1. The van der Waals surface area contributed by atoms with E-state index in [2.05, 4.69) is 85.1 Å². The van der Waals surface area contributed by atoms with E-state index in [4.69, 9.17) is 5.84 Å². The Hall–Kier alpha value is -3.37. The Balaban J connectivity index is 1.55. The van der Waals surface area contributed by atoms with Crippen LogP contribution in [0.25, 0.3) is 0 Å². The zero-order chi connectivity index (χ0) is 25.2. The van der Waals surface area contributed by atoms with Crippen molar-refractivity contribution in [2.24, 2.45) is 5.84 Å². The lowest BCUT2D eigenvalue weighted by Crippen LogP contribution is -2.36. The molecule has 4 heteroatoms. The quantitative estimate of drug-likeness (QED) is 0.309. The van der Waals surface area contributed by atoms with Gasteiger partial charge in [-0.3, -0.25) is 4.79 Å². The van der Waals surface area contributed by atoms with E-state index in [1.807, 2.05) is 23.2 Å². The van der Waals surface area contributed by atoms with Crippen molar-refractivity contribution in [2.75, 3.05) is 0 Å². The van der Waals surface area contributed by atoms with Crippen LogP contribution in [0, 0.1) is 0 Å². The molecule has 1 amide bonds. The lowest BCUT2D eigenvalue weighted by atomic mass is 9.89. The van der Waals surface area contributed by atoms with Crippen LogP contribution < -0.4 is 11.2 Å². The van der Waals surface area contributed by atoms with Crippen LogP contribution in [0.15, 0.2) is 108 Å². The van der Waals surface area contributed by atoms with Crippen molar-refractivity contribution in [3.05, 3.63) is 119 Å². The molecular formula is C32H39N3O. The van der Waals surface area contributed by atoms with Crippen LogP contribution in [0.2, 0.25) is 0 Å². The molecule has 0 saturated heterocycles. The summed E-state index contributed by atoms with van der Waals surface area (Å²) in [4.78, 5) is 13.3. The van der Waals surface area contributed by atoms with Gasteiger partial charge in [0.15, 0.2) is 0 Å². The van der Waals surface area contributed by atoms with Gasteiger partial charge in [0.05, 0.1) is 6.54 Å². The lowest BCUT2D eigenvalue weighted by Gasteiger charge is -2.31. The van der Waals surface area contributed by atoms with Crippen LogP contribution >= 0.6 is 0 Å². The van der Waals surface area contributed by atoms with Crippen LogP contribution in [0.4, 0.5) is 0 Å². The molecule has 0 radical (unpaired) electrons. The molecule has 2 aromatic carbocycles. The number of hydrazine groups is 1. The number of carbonyl (C=O) groups is 1. The van der Waals surface area contributed by atoms with Gasteiger partial charge in [-0.1, -0.05) is 97.5 Å². The van der Waals surface area contributed by atoms with Gasteiger partial charge in [0, 0.05) is 24.1 Å². The zero-order valence-electron chi connectivity index (χ0n) is 21.4. The van der Waals surface area contributed by atoms with E-state index in [0.717, 1.165) is 44.2 Å². The van der Waals surface area contributed by atoms with E-state index in [0.29, 0.717) is 13.0 Å². The van der Waals surface area contributed by atoms with E-state index in [1.165, 1.54) is 22.3 Å². The summed E-state index contributed by atoms with van der Waals surface area (Å²) in [6.45, 7) is 2.71. The number of allylic oxidation sites excluding steroid dienone is 6. The molecule has 1 unspecified atom stereocenters. The number of carbonyl (C=O) groups excluding carboxylic acids is 1. The normalized spacial score (nSPS) is 18.7. The monoisotopic (exact) mass is 481 g/mol. The molecular weight excluding hydrogens is 442 g/mol. The van der Waals surface area contributed by atoms with E-state index in [9.17, 15) is 4.79 Å². The molecule has 2 aromatic rings. The number of nitrogens with zero attached hydrogens (tertiary/aromatic N) is 1. The summed E-state index contributed by atoms with van der Waals surface area (Å²) in [7, 11) is 0. The largest absolute Gasteiger partial charge is 0.353 e. The summed E-state index contributed by atoms with van der Waals surface area (Å²) in [5, 5.41) is 5.15. The molecule has 0 aliphatic heterocycles. The maximum atomic E-state index is 13.3. The Bertz CT molecular complexity index is 1110. The smallest absolute Gasteiger partial charge is 0.224 e. The second-order valence-corrected chi connectivity index (χ2v) is 9.96. The fourth-order valence-corrected chi connectivity index (χ4v) is 5.35.